The number of thioether (sulfide) groups is 1. The Bertz CT molecular complexity index is 388. The van der Waals surface area contributed by atoms with Crippen LogP contribution in [0.4, 0.5) is 0 Å². The van der Waals surface area contributed by atoms with Crippen LogP contribution >= 0.6 is 11.8 Å². The number of hydrogen-bond donors (Lipinski definition) is 1. The van der Waals surface area contributed by atoms with E-state index in [9.17, 15) is 0 Å². The molecule has 0 radical (unpaired) electrons. The number of aryl methyl sites for hydroxylation is 2. The second kappa shape index (κ2) is 6.16. The van der Waals surface area contributed by atoms with Gasteiger partial charge in [-0.1, -0.05) is 6.42 Å². The summed E-state index contributed by atoms with van der Waals surface area (Å²) in [5.41, 5.74) is 1.32. The maximum Gasteiger partial charge on any atom is 0.105 e. The van der Waals surface area contributed by atoms with Gasteiger partial charge >= 0.3 is 0 Å². The molecule has 2 rings (SSSR count). The van der Waals surface area contributed by atoms with Gasteiger partial charge < -0.3 is 9.73 Å². The lowest BCUT2D eigenvalue weighted by Crippen LogP contribution is -2.36. The van der Waals surface area contributed by atoms with Crippen molar-refractivity contribution < 1.29 is 4.42 Å². The normalized spacial score (nSPS) is 26.2. The number of hydrogen-bond acceptors (Lipinski definition) is 3. The van der Waals surface area contributed by atoms with E-state index >= 15 is 0 Å². The Morgan fingerprint density at radius 1 is 1.39 bits per heavy atom. The van der Waals surface area contributed by atoms with Gasteiger partial charge in [0.15, 0.2) is 0 Å². The van der Waals surface area contributed by atoms with Crippen molar-refractivity contribution in [3.63, 3.8) is 0 Å². The molecule has 18 heavy (non-hydrogen) atoms. The summed E-state index contributed by atoms with van der Waals surface area (Å²) >= 11 is 2.02. The lowest BCUT2D eigenvalue weighted by Gasteiger charge is -2.31. The van der Waals surface area contributed by atoms with Crippen molar-refractivity contribution in [1.29, 1.82) is 0 Å². The largest absolute Gasteiger partial charge is 0.466 e. The first-order chi connectivity index (χ1) is 8.60. The smallest absolute Gasteiger partial charge is 0.105 e. The maximum atomic E-state index is 5.62. The highest BCUT2D eigenvalue weighted by atomic mass is 32.2. The summed E-state index contributed by atoms with van der Waals surface area (Å²) < 4.78 is 5.62. The van der Waals surface area contributed by atoms with E-state index in [1.165, 1.54) is 31.2 Å². The fourth-order valence-corrected chi connectivity index (χ4v) is 3.86. The molecule has 1 N–H and O–H groups in total. The van der Waals surface area contributed by atoms with Crippen molar-refractivity contribution >= 4 is 11.8 Å². The minimum Gasteiger partial charge on any atom is -0.466 e. The van der Waals surface area contributed by atoms with E-state index in [1.54, 1.807) is 0 Å². The lowest BCUT2D eigenvalue weighted by molar-refractivity contribution is 0.351. The molecule has 1 aliphatic carbocycles. The third-order valence-corrected chi connectivity index (χ3v) is 5.09. The van der Waals surface area contributed by atoms with Crippen LogP contribution in [-0.2, 0) is 0 Å². The molecule has 1 aromatic heterocycles. The maximum absolute atomic E-state index is 5.62. The molecule has 3 heteroatoms. The Morgan fingerprint density at radius 3 is 2.78 bits per heavy atom. The SMILES string of the molecule is CSC1CCCC(NC(C)c2cc(C)oc2C)C1. The van der Waals surface area contributed by atoms with Crippen LogP contribution in [0.3, 0.4) is 0 Å². The monoisotopic (exact) mass is 267 g/mol. The molecule has 1 saturated carbocycles. The molecule has 3 atom stereocenters. The summed E-state index contributed by atoms with van der Waals surface area (Å²) in [7, 11) is 0. The Kier molecular flexibility index (Phi) is 4.79. The summed E-state index contributed by atoms with van der Waals surface area (Å²) in [6, 6.07) is 3.23. The number of nitrogens with one attached hydrogen (secondary N) is 1. The van der Waals surface area contributed by atoms with Crippen LogP contribution in [0.15, 0.2) is 10.5 Å². The van der Waals surface area contributed by atoms with Crippen LogP contribution in [0.5, 0.6) is 0 Å². The minimum atomic E-state index is 0.396. The molecule has 3 unspecified atom stereocenters. The van der Waals surface area contributed by atoms with Gasteiger partial charge in [0.1, 0.15) is 11.5 Å². The van der Waals surface area contributed by atoms with Crippen molar-refractivity contribution in [2.24, 2.45) is 0 Å². The molecule has 0 aromatic carbocycles. The summed E-state index contributed by atoms with van der Waals surface area (Å²) in [5, 5.41) is 4.62. The number of rotatable bonds is 4. The average molecular weight is 267 g/mol. The molecule has 0 spiro atoms. The van der Waals surface area contributed by atoms with Crippen LogP contribution in [0.1, 0.15) is 55.7 Å². The van der Waals surface area contributed by atoms with Crippen molar-refractivity contribution in [1.82, 2.24) is 5.32 Å². The van der Waals surface area contributed by atoms with Gasteiger partial charge in [-0.2, -0.15) is 11.8 Å². The molecule has 0 aliphatic heterocycles. The van der Waals surface area contributed by atoms with Crippen LogP contribution in [0.2, 0.25) is 0 Å². The molecule has 102 valence electrons. The third-order valence-electron chi connectivity index (χ3n) is 3.99. The quantitative estimate of drug-likeness (QED) is 0.884. The predicted molar refractivity (Wildman–Crippen MR) is 79.3 cm³/mol. The lowest BCUT2D eigenvalue weighted by atomic mass is 9.93. The van der Waals surface area contributed by atoms with E-state index < -0.39 is 0 Å². The second-order valence-electron chi connectivity index (χ2n) is 5.48. The van der Waals surface area contributed by atoms with Gasteiger partial charge in [-0.15, -0.1) is 0 Å². The molecular weight excluding hydrogens is 242 g/mol. The molecular formula is C15H25NOS. The third kappa shape index (κ3) is 3.33. The van der Waals surface area contributed by atoms with E-state index in [1.807, 2.05) is 18.7 Å². The minimum absolute atomic E-state index is 0.396. The Hall–Kier alpha value is -0.410. The van der Waals surface area contributed by atoms with Crippen molar-refractivity contribution in [3.05, 3.63) is 23.2 Å². The molecule has 0 saturated heterocycles. The Balaban J connectivity index is 1.94. The molecule has 1 aliphatic rings. The van der Waals surface area contributed by atoms with E-state index in [0.717, 1.165) is 16.8 Å². The number of furan rings is 1. The van der Waals surface area contributed by atoms with E-state index in [-0.39, 0.29) is 0 Å². The van der Waals surface area contributed by atoms with Crippen LogP contribution in [0, 0.1) is 13.8 Å². The van der Waals surface area contributed by atoms with Crippen LogP contribution in [0.25, 0.3) is 0 Å². The van der Waals surface area contributed by atoms with Gasteiger partial charge in [0, 0.05) is 22.9 Å². The van der Waals surface area contributed by atoms with Crippen molar-refractivity contribution in [2.45, 2.75) is 63.8 Å². The summed E-state index contributed by atoms with van der Waals surface area (Å²) in [5.74, 6) is 2.08. The van der Waals surface area contributed by atoms with Gasteiger partial charge in [0.25, 0.3) is 0 Å². The van der Waals surface area contributed by atoms with Crippen LogP contribution in [-0.4, -0.2) is 17.5 Å². The zero-order valence-corrected chi connectivity index (χ0v) is 12.8. The van der Waals surface area contributed by atoms with Gasteiger partial charge in [0.05, 0.1) is 0 Å². The molecule has 1 heterocycles. The molecule has 0 amide bonds. The first-order valence-corrected chi connectivity index (χ1v) is 8.24. The fraction of sp³-hybridized carbons (Fsp3) is 0.733. The standard InChI is InChI=1S/C15H25NOS/c1-10-8-15(12(3)17-10)11(2)16-13-6-5-7-14(9-13)18-4/h8,11,13-14,16H,5-7,9H2,1-4H3. The first-order valence-electron chi connectivity index (χ1n) is 6.96. The van der Waals surface area contributed by atoms with Crippen LogP contribution < -0.4 is 5.32 Å². The summed E-state index contributed by atoms with van der Waals surface area (Å²) in [6.45, 7) is 6.33. The zero-order valence-electron chi connectivity index (χ0n) is 12.0. The molecule has 1 aromatic rings. The topological polar surface area (TPSA) is 25.2 Å². The average Bonchev–Trinajstić information content (AvgIpc) is 2.69. The second-order valence-corrected chi connectivity index (χ2v) is 6.62. The summed E-state index contributed by atoms with van der Waals surface area (Å²) in [6.07, 6.45) is 7.61. The highest BCUT2D eigenvalue weighted by molar-refractivity contribution is 7.99. The summed E-state index contributed by atoms with van der Waals surface area (Å²) in [4.78, 5) is 0. The fourth-order valence-electron chi connectivity index (χ4n) is 3.03. The zero-order chi connectivity index (χ0) is 13.1. The Labute approximate surface area is 115 Å². The van der Waals surface area contributed by atoms with E-state index in [4.69, 9.17) is 4.42 Å². The van der Waals surface area contributed by atoms with Gasteiger partial charge in [-0.25, -0.2) is 0 Å². The van der Waals surface area contributed by atoms with E-state index in [0.29, 0.717) is 12.1 Å². The van der Waals surface area contributed by atoms with Gasteiger partial charge in [-0.05, 0) is 52.4 Å². The molecule has 0 bridgehead atoms. The van der Waals surface area contributed by atoms with Crippen molar-refractivity contribution in [2.75, 3.05) is 6.26 Å². The first kappa shape index (κ1) is 14.0. The van der Waals surface area contributed by atoms with Crippen molar-refractivity contribution in [3.8, 4) is 0 Å². The van der Waals surface area contributed by atoms with E-state index in [2.05, 4.69) is 31.5 Å². The molecule has 2 nitrogen and oxygen atoms in total. The Morgan fingerprint density at radius 2 is 2.17 bits per heavy atom. The molecule has 1 fully saturated rings. The van der Waals surface area contributed by atoms with Gasteiger partial charge in [-0.3, -0.25) is 0 Å². The highest BCUT2D eigenvalue weighted by Gasteiger charge is 2.23. The highest BCUT2D eigenvalue weighted by Crippen LogP contribution is 2.29. The predicted octanol–water partition coefficient (Wildman–Crippen LogP) is 4.22. The van der Waals surface area contributed by atoms with Gasteiger partial charge in [0.2, 0.25) is 0 Å².